The number of anilines is 1. The summed E-state index contributed by atoms with van der Waals surface area (Å²) in [6.07, 6.45) is 0. The quantitative estimate of drug-likeness (QED) is 0.597. The SMILES string of the molecule is COCCSCc1ccc(OC)c(N)c1. The number of ether oxygens (including phenoxy) is 2. The summed E-state index contributed by atoms with van der Waals surface area (Å²) in [5, 5.41) is 0. The van der Waals surface area contributed by atoms with Crippen LogP contribution in [0.4, 0.5) is 5.69 Å². The molecule has 0 saturated carbocycles. The van der Waals surface area contributed by atoms with E-state index in [0.29, 0.717) is 5.69 Å². The number of rotatable bonds is 6. The first kappa shape index (κ1) is 12.2. The zero-order valence-electron chi connectivity index (χ0n) is 9.16. The molecule has 0 spiro atoms. The van der Waals surface area contributed by atoms with Crippen LogP contribution in [0.25, 0.3) is 0 Å². The van der Waals surface area contributed by atoms with Crippen molar-refractivity contribution in [2.75, 3.05) is 32.3 Å². The average Bonchev–Trinajstić information content (AvgIpc) is 2.25. The van der Waals surface area contributed by atoms with Crippen LogP contribution in [0.1, 0.15) is 5.56 Å². The van der Waals surface area contributed by atoms with Gasteiger partial charge in [-0.15, -0.1) is 0 Å². The van der Waals surface area contributed by atoms with Crippen LogP contribution in [-0.2, 0) is 10.5 Å². The van der Waals surface area contributed by atoms with Gasteiger partial charge < -0.3 is 15.2 Å². The second kappa shape index (κ2) is 6.58. The van der Waals surface area contributed by atoms with Crippen molar-refractivity contribution in [3.8, 4) is 5.75 Å². The largest absolute Gasteiger partial charge is 0.495 e. The summed E-state index contributed by atoms with van der Waals surface area (Å²) in [5.74, 6) is 2.70. The summed E-state index contributed by atoms with van der Waals surface area (Å²) < 4.78 is 10.1. The van der Waals surface area contributed by atoms with Crippen molar-refractivity contribution in [2.45, 2.75) is 5.75 Å². The fraction of sp³-hybridized carbons (Fsp3) is 0.455. The smallest absolute Gasteiger partial charge is 0.141 e. The zero-order chi connectivity index (χ0) is 11.1. The topological polar surface area (TPSA) is 44.5 Å². The molecular weight excluding hydrogens is 210 g/mol. The third-order valence-corrected chi connectivity index (χ3v) is 2.99. The lowest BCUT2D eigenvalue weighted by Crippen LogP contribution is -1.95. The molecule has 0 aliphatic heterocycles. The van der Waals surface area contributed by atoms with Crippen molar-refractivity contribution in [1.29, 1.82) is 0 Å². The Morgan fingerprint density at radius 1 is 1.33 bits per heavy atom. The first-order chi connectivity index (χ1) is 7.27. The summed E-state index contributed by atoms with van der Waals surface area (Å²) in [5.41, 5.74) is 7.72. The van der Waals surface area contributed by atoms with Gasteiger partial charge in [-0.1, -0.05) is 6.07 Å². The molecule has 4 heteroatoms. The van der Waals surface area contributed by atoms with Gasteiger partial charge in [0.25, 0.3) is 0 Å². The predicted molar refractivity (Wildman–Crippen MR) is 65.4 cm³/mol. The van der Waals surface area contributed by atoms with Gasteiger partial charge in [0.05, 0.1) is 19.4 Å². The second-order valence-corrected chi connectivity index (χ2v) is 4.23. The van der Waals surface area contributed by atoms with Crippen molar-refractivity contribution in [2.24, 2.45) is 0 Å². The Hall–Kier alpha value is -0.870. The van der Waals surface area contributed by atoms with E-state index >= 15 is 0 Å². The van der Waals surface area contributed by atoms with Gasteiger partial charge in [-0.25, -0.2) is 0 Å². The third kappa shape index (κ3) is 4.01. The molecule has 1 aromatic rings. The van der Waals surface area contributed by atoms with Crippen LogP contribution in [0.5, 0.6) is 5.75 Å². The highest BCUT2D eigenvalue weighted by atomic mass is 32.2. The Morgan fingerprint density at radius 3 is 2.73 bits per heavy atom. The predicted octanol–water partition coefficient (Wildman–Crippen LogP) is 2.16. The lowest BCUT2D eigenvalue weighted by molar-refractivity contribution is 0.218. The van der Waals surface area contributed by atoms with E-state index in [1.54, 1.807) is 14.2 Å². The van der Waals surface area contributed by atoms with Gasteiger partial charge in [-0.2, -0.15) is 11.8 Å². The minimum atomic E-state index is 0.697. The third-order valence-electron chi connectivity index (χ3n) is 1.99. The van der Waals surface area contributed by atoms with Gasteiger partial charge in [0.1, 0.15) is 5.75 Å². The van der Waals surface area contributed by atoms with Crippen LogP contribution in [0.15, 0.2) is 18.2 Å². The van der Waals surface area contributed by atoms with E-state index in [1.165, 1.54) is 5.56 Å². The van der Waals surface area contributed by atoms with E-state index in [1.807, 2.05) is 30.0 Å². The van der Waals surface area contributed by atoms with Crippen LogP contribution in [0.3, 0.4) is 0 Å². The maximum atomic E-state index is 5.80. The maximum Gasteiger partial charge on any atom is 0.141 e. The summed E-state index contributed by atoms with van der Waals surface area (Å²) in [6, 6.07) is 5.90. The molecule has 0 radical (unpaired) electrons. The molecule has 2 N–H and O–H groups in total. The number of hydrogen-bond acceptors (Lipinski definition) is 4. The highest BCUT2D eigenvalue weighted by Gasteiger charge is 2.00. The molecule has 0 bridgehead atoms. The van der Waals surface area contributed by atoms with Gasteiger partial charge in [-0.3, -0.25) is 0 Å². The van der Waals surface area contributed by atoms with Crippen molar-refractivity contribution >= 4 is 17.4 Å². The minimum Gasteiger partial charge on any atom is -0.495 e. The van der Waals surface area contributed by atoms with Gasteiger partial charge in [0.15, 0.2) is 0 Å². The molecule has 0 aliphatic rings. The normalized spacial score (nSPS) is 10.3. The zero-order valence-corrected chi connectivity index (χ0v) is 9.97. The van der Waals surface area contributed by atoms with E-state index in [-0.39, 0.29) is 0 Å². The molecule has 0 fully saturated rings. The number of benzene rings is 1. The molecule has 15 heavy (non-hydrogen) atoms. The molecule has 3 nitrogen and oxygen atoms in total. The highest BCUT2D eigenvalue weighted by Crippen LogP contribution is 2.24. The molecule has 1 rings (SSSR count). The Bertz CT molecular complexity index is 305. The maximum absolute atomic E-state index is 5.80. The summed E-state index contributed by atoms with van der Waals surface area (Å²) in [7, 11) is 3.34. The van der Waals surface area contributed by atoms with E-state index in [2.05, 4.69) is 0 Å². The van der Waals surface area contributed by atoms with Gasteiger partial charge >= 0.3 is 0 Å². The summed E-state index contributed by atoms with van der Waals surface area (Å²) in [6.45, 7) is 0.788. The Balaban J connectivity index is 2.45. The summed E-state index contributed by atoms with van der Waals surface area (Å²) >= 11 is 1.83. The number of nitrogens with two attached hydrogens (primary N) is 1. The van der Waals surface area contributed by atoms with Crippen LogP contribution >= 0.6 is 11.8 Å². The van der Waals surface area contributed by atoms with Crippen LogP contribution < -0.4 is 10.5 Å². The number of thioether (sulfide) groups is 1. The molecule has 0 atom stereocenters. The van der Waals surface area contributed by atoms with Crippen molar-refractivity contribution in [1.82, 2.24) is 0 Å². The monoisotopic (exact) mass is 227 g/mol. The first-order valence-electron chi connectivity index (χ1n) is 4.77. The molecule has 84 valence electrons. The van der Waals surface area contributed by atoms with Gasteiger partial charge in [-0.05, 0) is 17.7 Å². The molecule has 0 saturated heterocycles. The number of methoxy groups -OCH3 is 2. The van der Waals surface area contributed by atoms with E-state index in [0.717, 1.165) is 23.9 Å². The Morgan fingerprint density at radius 2 is 2.13 bits per heavy atom. The van der Waals surface area contributed by atoms with Crippen molar-refractivity contribution < 1.29 is 9.47 Å². The minimum absolute atomic E-state index is 0.697. The number of nitrogen functional groups attached to an aromatic ring is 1. The first-order valence-corrected chi connectivity index (χ1v) is 5.92. The Labute approximate surface area is 94.9 Å². The summed E-state index contributed by atoms with van der Waals surface area (Å²) in [4.78, 5) is 0. The van der Waals surface area contributed by atoms with Crippen LogP contribution in [0, 0.1) is 0 Å². The van der Waals surface area contributed by atoms with E-state index in [9.17, 15) is 0 Å². The molecule has 1 aromatic carbocycles. The molecule has 0 heterocycles. The fourth-order valence-corrected chi connectivity index (χ4v) is 2.05. The number of hydrogen-bond donors (Lipinski definition) is 1. The van der Waals surface area contributed by atoms with Crippen molar-refractivity contribution in [3.63, 3.8) is 0 Å². The molecule has 0 unspecified atom stereocenters. The standard InChI is InChI=1S/C11H17NO2S/c1-13-5-6-15-8-9-3-4-11(14-2)10(12)7-9/h3-4,7H,5-6,8,12H2,1-2H3. The average molecular weight is 227 g/mol. The van der Waals surface area contributed by atoms with Gasteiger partial charge in [0, 0.05) is 18.6 Å². The highest BCUT2D eigenvalue weighted by molar-refractivity contribution is 7.98. The van der Waals surface area contributed by atoms with Crippen LogP contribution in [-0.4, -0.2) is 26.6 Å². The molecule has 0 aromatic heterocycles. The molecule has 0 amide bonds. The van der Waals surface area contributed by atoms with Crippen LogP contribution in [0.2, 0.25) is 0 Å². The lowest BCUT2D eigenvalue weighted by atomic mass is 10.2. The molecule has 0 aliphatic carbocycles. The fourth-order valence-electron chi connectivity index (χ4n) is 1.21. The lowest BCUT2D eigenvalue weighted by Gasteiger charge is -2.06. The molecular formula is C11H17NO2S. The van der Waals surface area contributed by atoms with E-state index in [4.69, 9.17) is 15.2 Å². The van der Waals surface area contributed by atoms with Gasteiger partial charge in [0.2, 0.25) is 0 Å². The van der Waals surface area contributed by atoms with E-state index < -0.39 is 0 Å². The second-order valence-electron chi connectivity index (χ2n) is 3.12. The Kier molecular flexibility index (Phi) is 5.36. The van der Waals surface area contributed by atoms with Crippen molar-refractivity contribution in [3.05, 3.63) is 23.8 Å².